The molecule has 0 unspecified atom stereocenters. The van der Waals surface area contributed by atoms with Crippen LogP contribution in [0.15, 0.2) is 0 Å². The molecule has 1 N–H and O–H groups in total. The van der Waals surface area contributed by atoms with Crippen LogP contribution in [0.1, 0.15) is 26.7 Å². The van der Waals surface area contributed by atoms with Gasteiger partial charge >= 0.3 is 0 Å². The van der Waals surface area contributed by atoms with Crippen molar-refractivity contribution in [2.75, 3.05) is 19.7 Å². The number of likely N-dealkylation sites (tertiary alicyclic amines) is 1. The maximum atomic E-state index is 9.00. The second-order valence-corrected chi connectivity index (χ2v) is 3.66. The van der Waals surface area contributed by atoms with Crippen LogP contribution in [0.3, 0.4) is 0 Å². The van der Waals surface area contributed by atoms with Crippen LogP contribution in [0, 0.1) is 5.92 Å². The Morgan fingerprint density at radius 1 is 1.55 bits per heavy atom. The lowest BCUT2D eigenvalue weighted by Gasteiger charge is -2.23. The van der Waals surface area contributed by atoms with Crippen molar-refractivity contribution in [2.24, 2.45) is 0 Å². The van der Waals surface area contributed by atoms with Crippen LogP contribution in [0.25, 0.3) is 0 Å². The van der Waals surface area contributed by atoms with Crippen molar-refractivity contribution in [2.45, 2.75) is 32.7 Å². The van der Waals surface area contributed by atoms with Crippen molar-refractivity contribution in [3.63, 3.8) is 0 Å². The Kier molecular flexibility index (Phi) is 3.34. The number of aliphatic hydroxyl groups excluding tert-OH is 1. The van der Waals surface area contributed by atoms with Crippen LogP contribution in [0.2, 0.25) is 0 Å². The molecule has 2 nitrogen and oxygen atoms in total. The average Bonchev–Trinajstić information content (AvgIpc) is 2.34. The first-order valence-electron chi connectivity index (χ1n) is 4.38. The zero-order chi connectivity index (χ0) is 8.27. The molecule has 0 aliphatic carbocycles. The molecule has 1 saturated heterocycles. The normalized spacial score (nSPS) is 26.7. The molecule has 1 aliphatic rings. The summed E-state index contributed by atoms with van der Waals surface area (Å²) < 4.78 is 0. The van der Waals surface area contributed by atoms with Crippen molar-refractivity contribution in [1.29, 1.82) is 0 Å². The molecule has 0 amide bonds. The largest absolute Gasteiger partial charge is 0.395 e. The summed E-state index contributed by atoms with van der Waals surface area (Å²) in [5.74, 6) is 1.44. The average molecular weight is 156 g/mol. The number of hydrogen-bond donors (Lipinski definition) is 1. The summed E-state index contributed by atoms with van der Waals surface area (Å²) in [6.07, 6.45) is 2.42. The van der Waals surface area contributed by atoms with Gasteiger partial charge in [-0.3, -0.25) is 4.90 Å². The van der Waals surface area contributed by atoms with Gasteiger partial charge in [0.2, 0.25) is 0 Å². The molecule has 65 valence electrons. The zero-order valence-electron chi connectivity index (χ0n) is 7.51. The molecule has 0 aromatic rings. The fourth-order valence-corrected chi connectivity index (χ4v) is 1.72. The van der Waals surface area contributed by atoms with Crippen molar-refractivity contribution in [3.05, 3.63) is 5.92 Å². The predicted molar refractivity (Wildman–Crippen MR) is 46.3 cm³/mol. The molecular weight excluding hydrogens is 138 g/mol. The summed E-state index contributed by atoms with van der Waals surface area (Å²) in [7, 11) is 0. The van der Waals surface area contributed by atoms with Crippen LogP contribution < -0.4 is 0 Å². The van der Waals surface area contributed by atoms with E-state index in [0.29, 0.717) is 12.6 Å². The summed E-state index contributed by atoms with van der Waals surface area (Å²) in [4.78, 5) is 2.37. The van der Waals surface area contributed by atoms with Crippen molar-refractivity contribution >= 4 is 0 Å². The van der Waals surface area contributed by atoms with Gasteiger partial charge in [-0.05, 0) is 25.3 Å². The molecule has 0 bridgehead atoms. The fraction of sp³-hybridized carbons (Fsp3) is 0.889. The summed E-state index contributed by atoms with van der Waals surface area (Å²) in [5.41, 5.74) is 0. The number of hydrogen-bond acceptors (Lipinski definition) is 2. The van der Waals surface area contributed by atoms with E-state index >= 15 is 0 Å². The zero-order valence-corrected chi connectivity index (χ0v) is 7.51. The monoisotopic (exact) mass is 156 g/mol. The maximum Gasteiger partial charge on any atom is 0.0586 e. The minimum atomic E-state index is 0.327. The van der Waals surface area contributed by atoms with E-state index in [2.05, 4.69) is 18.7 Å². The van der Waals surface area contributed by atoms with E-state index in [1.165, 1.54) is 18.8 Å². The van der Waals surface area contributed by atoms with E-state index in [0.717, 1.165) is 13.1 Å². The molecule has 0 saturated carbocycles. The van der Waals surface area contributed by atoms with Gasteiger partial charge in [-0.2, -0.15) is 0 Å². The van der Waals surface area contributed by atoms with Crippen molar-refractivity contribution in [3.8, 4) is 0 Å². The molecule has 0 aromatic heterocycles. The lowest BCUT2D eigenvalue weighted by Crippen LogP contribution is -2.34. The SMILES string of the molecule is C[C](C)CN1CCC[C@@H]1CO. The Morgan fingerprint density at radius 3 is 2.82 bits per heavy atom. The maximum absolute atomic E-state index is 9.00. The van der Waals surface area contributed by atoms with Crippen LogP contribution >= 0.6 is 0 Å². The summed E-state index contributed by atoms with van der Waals surface area (Å²) >= 11 is 0. The Labute approximate surface area is 69.2 Å². The lowest BCUT2D eigenvalue weighted by molar-refractivity contribution is 0.163. The smallest absolute Gasteiger partial charge is 0.0586 e. The molecule has 1 rings (SSSR count). The first-order valence-corrected chi connectivity index (χ1v) is 4.38. The highest BCUT2D eigenvalue weighted by molar-refractivity contribution is 4.88. The second kappa shape index (κ2) is 4.07. The Balaban J connectivity index is 2.31. The van der Waals surface area contributed by atoms with E-state index in [1.807, 2.05) is 0 Å². The highest BCUT2D eigenvalue weighted by atomic mass is 16.3. The standard InChI is InChI=1S/C9H18NO/c1-8(2)6-10-5-3-4-9(10)7-11/h9,11H,3-7H2,1-2H3/t9-/m1/s1. The molecule has 1 radical (unpaired) electrons. The van der Waals surface area contributed by atoms with E-state index < -0.39 is 0 Å². The van der Waals surface area contributed by atoms with Crippen LogP contribution in [-0.4, -0.2) is 35.7 Å². The van der Waals surface area contributed by atoms with E-state index in [4.69, 9.17) is 5.11 Å². The molecule has 0 spiro atoms. The van der Waals surface area contributed by atoms with Gasteiger partial charge in [-0.1, -0.05) is 13.8 Å². The molecule has 2 heteroatoms. The highest BCUT2D eigenvalue weighted by Gasteiger charge is 2.23. The number of aliphatic hydroxyl groups is 1. The summed E-state index contributed by atoms with van der Waals surface area (Å²) in [5, 5.41) is 9.00. The quantitative estimate of drug-likeness (QED) is 0.660. The molecule has 0 aromatic carbocycles. The van der Waals surface area contributed by atoms with Crippen molar-refractivity contribution in [1.82, 2.24) is 4.90 Å². The molecule has 1 atom stereocenters. The van der Waals surface area contributed by atoms with E-state index in [9.17, 15) is 0 Å². The minimum Gasteiger partial charge on any atom is -0.395 e. The van der Waals surface area contributed by atoms with Crippen LogP contribution in [0.5, 0.6) is 0 Å². The number of rotatable bonds is 3. The first-order chi connectivity index (χ1) is 5.24. The predicted octanol–water partition coefficient (Wildman–Crippen LogP) is 1.06. The topological polar surface area (TPSA) is 23.5 Å². The van der Waals surface area contributed by atoms with Gasteiger partial charge in [0.1, 0.15) is 0 Å². The van der Waals surface area contributed by atoms with Crippen LogP contribution in [-0.2, 0) is 0 Å². The Bertz CT molecular complexity index is 114. The minimum absolute atomic E-state index is 0.327. The number of nitrogens with zero attached hydrogens (tertiary/aromatic N) is 1. The summed E-state index contributed by atoms with van der Waals surface area (Å²) in [6, 6.07) is 0.435. The van der Waals surface area contributed by atoms with Crippen molar-refractivity contribution < 1.29 is 5.11 Å². The third-order valence-corrected chi connectivity index (χ3v) is 2.23. The molecule has 1 heterocycles. The first kappa shape index (κ1) is 9.01. The Morgan fingerprint density at radius 2 is 2.27 bits per heavy atom. The third-order valence-electron chi connectivity index (χ3n) is 2.23. The van der Waals surface area contributed by atoms with Gasteiger partial charge in [0.15, 0.2) is 0 Å². The van der Waals surface area contributed by atoms with Gasteiger partial charge in [0, 0.05) is 12.6 Å². The van der Waals surface area contributed by atoms with Crippen LogP contribution in [0.4, 0.5) is 0 Å². The molecule has 11 heavy (non-hydrogen) atoms. The fourth-order valence-electron chi connectivity index (χ4n) is 1.72. The lowest BCUT2D eigenvalue weighted by atomic mass is 10.2. The van der Waals surface area contributed by atoms with Gasteiger partial charge < -0.3 is 5.11 Å². The summed E-state index contributed by atoms with van der Waals surface area (Å²) in [6.45, 7) is 6.84. The van der Waals surface area contributed by atoms with Gasteiger partial charge in [-0.25, -0.2) is 0 Å². The van der Waals surface area contributed by atoms with Gasteiger partial charge in [0.25, 0.3) is 0 Å². The van der Waals surface area contributed by atoms with Gasteiger partial charge in [-0.15, -0.1) is 0 Å². The molecular formula is C9H18NO. The highest BCUT2D eigenvalue weighted by Crippen LogP contribution is 2.18. The third kappa shape index (κ3) is 2.46. The second-order valence-electron chi connectivity index (χ2n) is 3.66. The van der Waals surface area contributed by atoms with E-state index in [-0.39, 0.29) is 0 Å². The Hall–Kier alpha value is -0.0800. The molecule has 1 aliphatic heterocycles. The van der Waals surface area contributed by atoms with E-state index in [1.54, 1.807) is 0 Å². The molecule has 1 fully saturated rings. The van der Waals surface area contributed by atoms with Gasteiger partial charge in [0.05, 0.1) is 6.61 Å².